The summed E-state index contributed by atoms with van der Waals surface area (Å²) >= 11 is 0. The molecule has 68 heavy (non-hydrogen) atoms. The van der Waals surface area contributed by atoms with Gasteiger partial charge in [-0.3, -0.25) is 29.0 Å². The molecule has 5 rings (SSSR count). The summed E-state index contributed by atoms with van der Waals surface area (Å²) in [5.41, 5.74) is 21.8. The number of carbonyl (C=O) groups is 5. The predicted octanol–water partition coefficient (Wildman–Crippen LogP) is 5.83. The number of guanidine groups is 1. The van der Waals surface area contributed by atoms with Crippen LogP contribution in [0, 0.1) is 37.0 Å². The second-order valence-electron chi connectivity index (χ2n) is 18.3. The number of nitriles is 1. The third kappa shape index (κ3) is 13.5. The highest BCUT2D eigenvalue weighted by molar-refractivity contribution is 7.59. The van der Waals surface area contributed by atoms with Crippen molar-refractivity contribution in [3.05, 3.63) is 94.3 Å². The zero-order valence-electron chi connectivity index (χ0n) is 40.0. The van der Waals surface area contributed by atoms with E-state index in [0.29, 0.717) is 63.7 Å². The molecule has 0 saturated heterocycles. The number of amides is 2. The van der Waals surface area contributed by atoms with Gasteiger partial charge in [-0.1, -0.05) is 64.1 Å². The number of aromatic nitrogens is 2. The quantitative estimate of drug-likeness (QED) is 0.0383. The van der Waals surface area contributed by atoms with Gasteiger partial charge in [0.2, 0.25) is 11.8 Å². The van der Waals surface area contributed by atoms with Crippen LogP contribution in [0.3, 0.4) is 0 Å². The Labute approximate surface area is 405 Å². The van der Waals surface area contributed by atoms with Crippen LogP contribution in [-0.4, -0.2) is 87.9 Å². The van der Waals surface area contributed by atoms with Gasteiger partial charge in [0.05, 0.1) is 35.7 Å². The number of nitrogens with two attached hydrogens (primary N) is 3. The Balaban J connectivity index is 0.0000101. The molecular formula is C51H65N9O7S. The largest absolute Gasteiger partial charge is 0.507 e. The van der Waals surface area contributed by atoms with Gasteiger partial charge in [0.25, 0.3) is 0 Å². The average Bonchev–Trinajstić information content (AvgIpc) is 3.27. The number of benzene rings is 3. The van der Waals surface area contributed by atoms with Gasteiger partial charge in [0.15, 0.2) is 29.1 Å². The highest BCUT2D eigenvalue weighted by Gasteiger charge is 2.36. The number of likely N-dealkylation sites (N-methyl/N-ethyl adjacent to an activating group) is 1. The van der Waals surface area contributed by atoms with Crippen LogP contribution in [0.15, 0.2) is 65.7 Å². The zero-order chi connectivity index (χ0) is 49.2. The molecule has 0 spiro atoms. The fraction of sp³-hybridized carbons (Fsp3) is 0.431. The van der Waals surface area contributed by atoms with Crippen molar-refractivity contribution in [1.29, 1.82) is 5.26 Å². The van der Waals surface area contributed by atoms with E-state index in [1.165, 1.54) is 18.0 Å². The molecule has 362 valence electrons. The Hall–Kier alpha value is -6.64. The van der Waals surface area contributed by atoms with E-state index in [4.69, 9.17) is 31.9 Å². The second-order valence-corrected chi connectivity index (χ2v) is 18.3. The molecule has 1 aliphatic heterocycles. The lowest BCUT2D eigenvalue weighted by Gasteiger charge is -2.32. The summed E-state index contributed by atoms with van der Waals surface area (Å²) in [6, 6.07) is 17.3. The number of hydrogen-bond donors (Lipinski definition) is 5. The third-order valence-corrected chi connectivity index (χ3v) is 12.0. The number of phenols is 1. The molecular weight excluding hydrogens is 883 g/mol. The van der Waals surface area contributed by atoms with Crippen LogP contribution in [0.5, 0.6) is 11.5 Å². The number of rotatable bonds is 16. The van der Waals surface area contributed by atoms with E-state index in [1.807, 2.05) is 30.3 Å². The Morgan fingerprint density at radius 1 is 1.00 bits per heavy atom. The number of fused-ring (bicyclic) bond motifs is 5. The monoisotopic (exact) mass is 947 g/mol. The highest BCUT2D eigenvalue weighted by atomic mass is 32.1. The first kappa shape index (κ1) is 54.0. The first-order chi connectivity index (χ1) is 31.7. The van der Waals surface area contributed by atoms with Crippen molar-refractivity contribution in [3.63, 3.8) is 0 Å². The number of nitrogens with one attached hydrogen (secondary N) is 1. The van der Waals surface area contributed by atoms with Crippen molar-refractivity contribution in [3.8, 4) is 40.1 Å². The number of hydrogen-bond acceptors (Lipinski definition) is 12. The first-order valence-corrected chi connectivity index (χ1v) is 22.6. The number of ketones is 3. The number of Topliss-reactive ketones (excluding diaryl/α,β-unsaturated/α-hetero) is 3. The molecule has 16 nitrogen and oxygen atoms in total. The van der Waals surface area contributed by atoms with Gasteiger partial charge >= 0.3 is 0 Å². The van der Waals surface area contributed by atoms with Crippen molar-refractivity contribution >= 4 is 48.6 Å². The highest BCUT2D eigenvalue weighted by Crippen LogP contribution is 2.40. The molecule has 4 bridgehead atoms. The zero-order valence-corrected chi connectivity index (χ0v) is 41.0. The summed E-state index contributed by atoms with van der Waals surface area (Å²) in [4.78, 5) is 85.6. The fourth-order valence-corrected chi connectivity index (χ4v) is 8.34. The molecule has 1 aliphatic rings. The lowest BCUT2D eigenvalue weighted by molar-refractivity contribution is -0.142. The maximum atomic E-state index is 14.8. The van der Waals surface area contributed by atoms with Crippen molar-refractivity contribution in [2.45, 2.75) is 104 Å². The van der Waals surface area contributed by atoms with Crippen molar-refractivity contribution in [2.24, 2.45) is 34.0 Å². The maximum absolute atomic E-state index is 14.8. The van der Waals surface area contributed by atoms with Gasteiger partial charge in [-0.05, 0) is 79.6 Å². The summed E-state index contributed by atoms with van der Waals surface area (Å²) in [5.74, 6) is -3.61. The summed E-state index contributed by atoms with van der Waals surface area (Å²) in [6.07, 6.45) is -0.137. The van der Waals surface area contributed by atoms with E-state index in [2.05, 4.69) is 31.1 Å². The van der Waals surface area contributed by atoms with Crippen LogP contribution in [0.2, 0.25) is 0 Å². The van der Waals surface area contributed by atoms with Gasteiger partial charge < -0.3 is 37.3 Å². The Bertz CT molecular complexity index is 2540. The number of carbonyl (C=O) groups excluding carboxylic acids is 5. The number of aryl methyl sites for hydroxylation is 2. The number of nitrogens with zero attached hydrogens (tertiary/aromatic N) is 5. The standard InChI is InChI=1S/C51H63N9O7.H2S/c1-29-24-43(64)46(60(7)49(66)35(19-21-53)28-42(63)45-30(2)57-47(58-31(45)3)33-12-15-36(16-13-33)51(4,5)6)34-14-18-44(67-23-9-22-56-50(54)55)38(27-34)37-25-32(11-17-40(37)61)26-39(59-48(29)65)41(62)10-8-20-52;/h11-18,25,27,29,35,39,46,61H,8-10,19,21-24,26,28,53H2,1-7H3,(H,59,65)(H4,54,55,56);1H2/t29-,35-,39+,46+;/m1./s1. The van der Waals surface area contributed by atoms with Crippen molar-refractivity contribution < 1.29 is 33.8 Å². The fourth-order valence-electron chi connectivity index (χ4n) is 8.34. The molecule has 0 unspecified atom stereocenters. The van der Waals surface area contributed by atoms with Crippen LogP contribution < -0.4 is 27.3 Å². The molecule has 2 amide bonds. The van der Waals surface area contributed by atoms with Crippen molar-refractivity contribution in [1.82, 2.24) is 20.2 Å². The van der Waals surface area contributed by atoms with Gasteiger partial charge in [-0.25, -0.2) is 9.97 Å². The van der Waals surface area contributed by atoms with E-state index in [1.54, 1.807) is 51.1 Å². The van der Waals surface area contributed by atoms with Crippen LogP contribution in [0.4, 0.5) is 0 Å². The molecule has 8 N–H and O–H groups in total. The summed E-state index contributed by atoms with van der Waals surface area (Å²) in [6.45, 7) is 12.0. The van der Waals surface area contributed by atoms with E-state index < -0.39 is 41.5 Å². The summed E-state index contributed by atoms with van der Waals surface area (Å²) in [5, 5.41) is 23.4. The van der Waals surface area contributed by atoms with E-state index in [9.17, 15) is 34.3 Å². The predicted molar refractivity (Wildman–Crippen MR) is 266 cm³/mol. The first-order valence-electron chi connectivity index (χ1n) is 22.6. The Kier molecular flexibility index (Phi) is 19.0. The minimum absolute atomic E-state index is 0. The molecule has 0 aliphatic carbocycles. The minimum atomic E-state index is -1.29. The third-order valence-electron chi connectivity index (χ3n) is 12.0. The number of ether oxygens (including phenoxy) is 1. The topological polar surface area (TPSA) is 270 Å². The molecule has 0 saturated carbocycles. The number of aliphatic imine (C=N–C) groups is 1. The van der Waals surface area contributed by atoms with E-state index >= 15 is 0 Å². The van der Waals surface area contributed by atoms with Crippen molar-refractivity contribution in [2.75, 3.05) is 26.7 Å². The van der Waals surface area contributed by atoms with Gasteiger partial charge in [0, 0.05) is 74.2 Å². The maximum Gasteiger partial charge on any atom is 0.226 e. The molecule has 2 heterocycles. The molecule has 0 radical (unpaired) electrons. The summed E-state index contributed by atoms with van der Waals surface area (Å²) < 4.78 is 6.22. The van der Waals surface area contributed by atoms with E-state index in [0.717, 1.165) is 11.1 Å². The van der Waals surface area contributed by atoms with Crippen LogP contribution in [0.1, 0.15) is 111 Å². The van der Waals surface area contributed by atoms with E-state index in [-0.39, 0.29) is 93.9 Å². The Morgan fingerprint density at radius 2 is 1.68 bits per heavy atom. The van der Waals surface area contributed by atoms with Crippen LogP contribution in [0.25, 0.3) is 22.5 Å². The molecule has 4 atom stereocenters. The average molecular weight is 948 g/mol. The second kappa shape index (κ2) is 23.9. The number of aromatic hydroxyl groups is 1. The molecule has 4 aromatic rings. The minimum Gasteiger partial charge on any atom is -0.507 e. The Morgan fingerprint density at radius 3 is 2.29 bits per heavy atom. The molecule has 3 aromatic carbocycles. The molecule has 0 fully saturated rings. The van der Waals surface area contributed by atoms with Gasteiger partial charge in [-0.2, -0.15) is 18.8 Å². The van der Waals surface area contributed by atoms with Gasteiger partial charge in [0.1, 0.15) is 17.5 Å². The summed E-state index contributed by atoms with van der Waals surface area (Å²) in [7, 11) is 1.47. The van der Waals surface area contributed by atoms with Gasteiger partial charge in [-0.15, -0.1) is 0 Å². The van der Waals surface area contributed by atoms with Crippen LogP contribution in [-0.2, 0) is 31.0 Å². The lowest BCUT2D eigenvalue weighted by atomic mass is 9.86. The van der Waals surface area contributed by atoms with Crippen LogP contribution >= 0.6 is 13.5 Å². The smallest absolute Gasteiger partial charge is 0.226 e. The molecule has 1 aromatic heterocycles. The lowest BCUT2D eigenvalue weighted by Crippen LogP contribution is -2.46. The SMILES string of the molecule is Cc1nc(-c2ccc(C(C)(C)C)cc2)nc(C)c1C(=O)C[C@@H](CCN)C(=O)N(C)[C@@H]1C(=O)C[C@@H](C)C(=O)N[C@H](C(=O)CCC#N)Cc2ccc(O)c(c2)-c2cc1ccc2OCCCN=C(N)N.S. The normalized spacial score (nSPS) is 16.5. The molecule has 17 heteroatoms. The number of phenolic OH excluding ortho intramolecular Hbond substituents is 1.